The fourth-order valence-electron chi connectivity index (χ4n) is 4.15. The minimum atomic E-state index is -0.990. The molecule has 0 spiro atoms. The molecule has 0 aliphatic carbocycles. The van der Waals surface area contributed by atoms with Crippen LogP contribution in [0.5, 0.6) is 0 Å². The highest BCUT2D eigenvalue weighted by atomic mass is 19.1. The molecule has 0 bridgehead atoms. The molecule has 0 radical (unpaired) electrons. The quantitative estimate of drug-likeness (QED) is 0.667. The van der Waals surface area contributed by atoms with Gasteiger partial charge in [-0.25, -0.2) is 13.8 Å². The molecule has 0 atom stereocenters. The van der Waals surface area contributed by atoms with Gasteiger partial charge in [-0.15, -0.1) is 0 Å². The van der Waals surface area contributed by atoms with Crippen LogP contribution in [0.3, 0.4) is 0 Å². The number of benzene rings is 1. The molecule has 8 heteroatoms. The summed E-state index contributed by atoms with van der Waals surface area (Å²) in [5.74, 6) is -1.57. The zero-order valence-electron chi connectivity index (χ0n) is 18.6. The highest BCUT2D eigenvalue weighted by Crippen LogP contribution is 2.32. The number of carbonyl (C=O) groups is 2. The Labute approximate surface area is 185 Å². The number of pyridine rings is 1. The lowest BCUT2D eigenvalue weighted by Crippen LogP contribution is -2.63. The molecule has 1 aromatic carbocycles. The molecule has 1 aliphatic heterocycles. The summed E-state index contributed by atoms with van der Waals surface area (Å²) in [4.78, 5) is 31.7. The second kappa shape index (κ2) is 8.00. The van der Waals surface area contributed by atoms with E-state index in [-0.39, 0.29) is 23.4 Å². The summed E-state index contributed by atoms with van der Waals surface area (Å²) in [5.41, 5.74) is 0.840. The van der Waals surface area contributed by atoms with Crippen LogP contribution in [0.2, 0.25) is 0 Å². The van der Waals surface area contributed by atoms with Gasteiger partial charge in [0.15, 0.2) is 0 Å². The number of aromatic nitrogens is 2. The predicted molar refractivity (Wildman–Crippen MR) is 118 cm³/mol. The standard InChI is InChI=1S/C24H26F2N4O2/c1-14(2)12-29-13-19(15-9-16(25)11-17(26)10-15)18-5-6-20(28-21(18)29)22(31)30-8-7-27-23(32)24(30,3)4/h5-6,9-11,13-14H,7-8,12H2,1-4H3,(H,27,32). The second-order valence-electron chi connectivity index (χ2n) is 9.09. The Morgan fingerprint density at radius 1 is 1.19 bits per heavy atom. The average molecular weight is 440 g/mol. The van der Waals surface area contributed by atoms with Gasteiger partial charge >= 0.3 is 0 Å². The van der Waals surface area contributed by atoms with Gasteiger partial charge in [0, 0.05) is 42.8 Å². The molecule has 2 aromatic heterocycles. The summed E-state index contributed by atoms with van der Waals surface area (Å²) in [6.07, 6.45) is 1.82. The number of rotatable bonds is 4. The number of hydrogen-bond donors (Lipinski definition) is 1. The maximum atomic E-state index is 13.9. The van der Waals surface area contributed by atoms with Crippen LogP contribution in [0.25, 0.3) is 22.2 Å². The Morgan fingerprint density at radius 3 is 2.53 bits per heavy atom. The third-order valence-corrected chi connectivity index (χ3v) is 5.77. The minimum absolute atomic E-state index is 0.211. The highest BCUT2D eigenvalue weighted by molar-refractivity contribution is 6.01. The summed E-state index contributed by atoms with van der Waals surface area (Å²) in [7, 11) is 0. The van der Waals surface area contributed by atoms with Crippen LogP contribution < -0.4 is 5.32 Å². The van der Waals surface area contributed by atoms with Crippen molar-refractivity contribution in [1.29, 1.82) is 0 Å². The van der Waals surface area contributed by atoms with Crippen molar-refractivity contribution in [1.82, 2.24) is 19.8 Å². The lowest BCUT2D eigenvalue weighted by atomic mass is 9.98. The van der Waals surface area contributed by atoms with Gasteiger partial charge in [-0.1, -0.05) is 13.8 Å². The lowest BCUT2D eigenvalue weighted by Gasteiger charge is -2.40. The molecule has 1 N–H and O–H groups in total. The first-order valence-electron chi connectivity index (χ1n) is 10.6. The summed E-state index contributed by atoms with van der Waals surface area (Å²) in [6.45, 7) is 8.91. The minimum Gasteiger partial charge on any atom is -0.352 e. The van der Waals surface area contributed by atoms with Gasteiger partial charge in [0.1, 0.15) is 28.5 Å². The first kappa shape index (κ1) is 21.9. The first-order chi connectivity index (χ1) is 15.1. The van der Waals surface area contributed by atoms with Gasteiger partial charge in [-0.3, -0.25) is 9.59 Å². The van der Waals surface area contributed by atoms with Crippen molar-refractivity contribution in [2.24, 2.45) is 5.92 Å². The highest BCUT2D eigenvalue weighted by Gasteiger charge is 2.41. The first-order valence-corrected chi connectivity index (χ1v) is 10.6. The van der Waals surface area contributed by atoms with E-state index in [1.165, 1.54) is 17.0 Å². The zero-order valence-corrected chi connectivity index (χ0v) is 18.6. The van der Waals surface area contributed by atoms with E-state index in [1.54, 1.807) is 26.0 Å². The Kier molecular flexibility index (Phi) is 5.48. The molecule has 4 rings (SSSR count). The molecule has 168 valence electrons. The monoisotopic (exact) mass is 440 g/mol. The Bertz CT molecular complexity index is 1200. The summed E-state index contributed by atoms with van der Waals surface area (Å²) >= 11 is 0. The van der Waals surface area contributed by atoms with E-state index < -0.39 is 17.2 Å². The summed E-state index contributed by atoms with van der Waals surface area (Å²) in [5, 5.41) is 3.48. The fourth-order valence-corrected chi connectivity index (χ4v) is 4.15. The van der Waals surface area contributed by atoms with Crippen molar-refractivity contribution < 1.29 is 18.4 Å². The summed E-state index contributed by atoms with van der Waals surface area (Å²) in [6, 6.07) is 6.76. The Hall–Kier alpha value is -3.29. The van der Waals surface area contributed by atoms with Crippen LogP contribution in [0.1, 0.15) is 38.2 Å². The average Bonchev–Trinajstić information content (AvgIpc) is 3.06. The van der Waals surface area contributed by atoms with E-state index in [1.807, 2.05) is 10.8 Å². The SMILES string of the molecule is CC(C)Cn1cc(-c2cc(F)cc(F)c2)c2ccc(C(=O)N3CCNC(=O)C3(C)C)nc21. The van der Waals surface area contributed by atoms with Crippen molar-refractivity contribution in [3.8, 4) is 11.1 Å². The van der Waals surface area contributed by atoms with Crippen molar-refractivity contribution in [3.63, 3.8) is 0 Å². The zero-order chi connectivity index (χ0) is 23.2. The molecule has 2 amide bonds. The summed E-state index contributed by atoms with van der Waals surface area (Å²) < 4.78 is 29.6. The van der Waals surface area contributed by atoms with Gasteiger partial charge in [-0.05, 0) is 49.6 Å². The maximum absolute atomic E-state index is 13.9. The number of halogens is 2. The van der Waals surface area contributed by atoms with Crippen LogP contribution >= 0.6 is 0 Å². The number of nitrogens with one attached hydrogen (secondary N) is 1. The number of fused-ring (bicyclic) bond motifs is 1. The number of carbonyl (C=O) groups excluding carboxylic acids is 2. The van der Waals surface area contributed by atoms with Crippen LogP contribution in [0.15, 0.2) is 36.5 Å². The third-order valence-electron chi connectivity index (χ3n) is 5.77. The van der Waals surface area contributed by atoms with E-state index in [4.69, 9.17) is 0 Å². The molecule has 32 heavy (non-hydrogen) atoms. The van der Waals surface area contributed by atoms with Gasteiger partial charge in [0.05, 0.1) is 0 Å². The van der Waals surface area contributed by atoms with Crippen molar-refractivity contribution in [2.45, 2.75) is 39.8 Å². The van der Waals surface area contributed by atoms with Crippen LogP contribution in [0.4, 0.5) is 8.78 Å². The third kappa shape index (κ3) is 3.85. The topological polar surface area (TPSA) is 67.2 Å². The Morgan fingerprint density at radius 2 is 1.88 bits per heavy atom. The number of hydrogen-bond acceptors (Lipinski definition) is 3. The van der Waals surface area contributed by atoms with Crippen molar-refractivity contribution >= 4 is 22.8 Å². The number of nitrogens with zero attached hydrogens (tertiary/aromatic N) is 3. The van der Waals surface area contributed by atoms with Gasteiger partial charge in [-0.2, -0.15) is 0 Å². The molecular formula is C24H26F2N4O2. The molecule has 3 aromatic rings. The van der Waals surface area contributed by atoms with Crippen LogP contribution in [-0.2, 0) is 11.3 Å². The van der Waals surface area contributed by atoms with E-state index in [0.29, 0.717) is 41.8 Å². The molecule has 1 aliphatic rings. The largest absolute Gasteiger partial charge is 0.352 e. The van der Waals surface area contributed by atoms with Crippen molar-refractivity contribution in [2.75, 3.05) is 13.1 Å². The molecule has 1 fully saturated rings. The van der Waals surface area contributed by atoms with Crippen LogP contribution in [0, 0.1) is 17.6 Å². The molecular weight excluding hydrogens is 414 g/mol. The Balaban J connectivity index is 1.82. The number of piperazine rings is 1. The normalized spacial score (nSPS) is 16.0. The van der Waals surface area contributed by atoms with Crippen molar-refractivity contribution in [3.05, 3.63) is 53.9 Å². The molecule has 3 heterocycles. The van der Waals surface area contributed by atoms with Crippen LogP contribution in [-0.4, -0.2) is 44.9 Å². The van der Waals surface area contributed by atoms with Gasteiger partial charge in [0.25, 0.3) is 5.91 Å². The van der Waals surface area contributed by atoms with E-state index in [0.717, 1.165) is 6.07 Å². The molecule has 6 nitrogen and oxygen atoms in total. The predicted octanol–water partition coefficient (Wildman–Crippen LogP) is 3.99. The maximum Gasteiger partial charge on any atom is 0.273 e. The molecule has 1 saturated heterocycles. The van der Waals surface area contributed by atoms with Gasteiger partial charge in [0.2, 0.25) is 5.91 Å². The van der Waals surface area contributed by atoms with E-state index in [2.05, 4.69) is 24.1 Å². The van der Waals surface area contributed by atoms with E-state index in [9.17, 15) is 18.4 Å². The second-order valence-corrected chi connectivity index (χ2v) is 9.09. The molecule has 0 unspecified atom stereocenters. The lowest BCUT2D eigenvalue weighted by molar-refractivity contribution is -0.133. The molecule has 0 saturated carbocycles. The smallest absolute Gasteiger partial charge is 0.273 e. The fraction of sp³-hybridized carbons (Fsp3) is 0.375. The van der Waals surface area contributed by atoms with E-state index >= 15 is 0 Å². The number of amides is 2. The van der Waals surface area contributed by atoms with Gasteiger partial charge < -0.3 is 14.8 Å².